The molecule has 0 unspecified atom stereocenters. The van der Waals surface area contributed by atoms with E-state index in [2.05, 4.69) is 50.0 Å². The number of nitriles is 1. The summed E-state index contributed by atoms with van der Waals surface area (Å²) in [5.41, 5.74) is 2.45. The maximum absolute atomic E-state index is 13.4. The molecule has 4 rings (SSSR count). The third-order valence-corrected chi connectivity index (χ3v) is 7.26. The van der Waals surface area contributed by atoms with Crippen molar-refractivity contribution in [3.63, 3.8) is 0 Å². The molecule has 0 fully saturated rings. The molecular formula is C29H26Br2N4O3. The smallest absolute Gasteiger partial charge is 0.282 e. The first-order valence-electron chi connectivity index (χ1n) is 12.2. The highest BCUT2D eigenvalue weighted by atomic mass is 79.9. The molecule has 0 radical (unpaired) electrons. The van der Waals surface area contributed by atoms with Gasteiger partial charge in [0.25, 0.3) is 5.56 Å². The highest BCUT2D eigenvalue weighted by Gasteiger charge is 2.16. The van der Waals surface area contributed by atoms with Crippen LogP contribution in [-0.2, 0) is 6.61 Å². The molecule has 9 heteroatoms. The molecule has 0 spiro atoms. The predicted molar refractivity (Wildman–Crippen MR) is 156 cm³/mol. The van der Waals surface area contributed by atoms with Crippen LogP contribution in [0.2, 0.25) is 0 Å². The van der Waals surface area contributed by atoms with E-state index in [9.17, 15) is 10.1 Å². The van der Waals surface area contributed by atoms with Gasteiger partial charge in [-0.3, -0.25) is 4.79 Å². The zero-order valence-electron chi connectivity index (χ0n) is 21.2. The Morgan fingerprint density at radius 3 is 2.61 bits per heavy atom. The molecule has 194 valence electrons. The van der Waals surface area contributed by atoms with Crippen molar-refractivity contribution >= 4 is 49.0 Å². The van der Waals surface area contributed by atoms with E-state index in [1.807, 2.05) is 50.2 Å². The van der Waals surface area contributed by atoms with E-state index in [-0.39, 0.29) is 18.1 Å². The summed E-state index contributed by atoms with van der Waals surface area (Å²) in [7, 11) is 0. The minimum absolute atomic E-state index is 0.0300. The first-order chi connectivity index (χ1) is 18.4. The quantitative estimate of drug-likeness (QED) is 0.182. The van der Waals surface area contributed by atoms with E-state index >= 15 is 0 Å². The average molecular weight is 638 g/mol. The van der Waals surface area contributed by atoms with Gasteiger partial charge in [0.2, 0.25) is 0 Å². The molecule has 0 N–H and O–H groups in total. The summed E-state index contributed by atoms with van der Waals surface area (Å²) in [6.45, 7) is 6.62. The number of rotatable bonds is 9. The molecule has 1 aromatic heterocycles. The number of hydrogen-bond donors (Lipinski definition) is 0. The second-order valence-corrected chi connectivity index (χ2v) is 10.4. The van der Waals surface area contributed by atoms with Crippen LogP contribution >= 0.6 is 31.9 Å². The first-order valence-corrected chi connectivity index (χ1v) is 13.8. The summed E-state index contributed by atoms with van der Waals surface area (Å²) >= 11 is 7.04. The van der Waals surface area contributed by atoms with Crippen molar-refractivity contribution < 1.29 is 9.47 Å². The summed E-state index contributed by atoms with van der Waals surface area (Å²) in [5, 5.41) is 14.4. The summed E-state index contributed by atoms with van der Waals surface area (Å²) in [6, 6.07) is 18.6. The Kier molecular flexibility index (Phi) is 8.97. The topological polar surface area (TPSA) is 89.5 Å². The highest BCUT2D eigenvalue weighted by Crippen LogP contribution is 2.34. The fourth-order valence-corrected chi connectivity index (χ4v) is 4.63. The average Bonchev–Trinajstić information content (AvgIpc) is 2.93. The van der Waals surface area contributed by atoms with Crippen LogP contribution in [0.25, 0.3) is 10.9 Å². The number of halogens is 2. The minimum Gasteiger partial charge on any atom is -0.490 e. The van der Waals surface area contributed by atoms with Crippen molar-refractivity contribution in [2.75, 3.05) is 6.61 Å². The molecule has 1 heterocycles. The van der Waals surface area contributed by atoms with Gasteiger partial charge in [-0.15, -0.1) is 0 Å². The third-order valence-electron chi connectivity index (χ3n) is 6.08. The number of ether oxygens (including phenoxy) is 2. The lowest BCUT2D eigenvalue weighted by Gasteiger charge is -2.15. The summed E-state index contributed by atoms with van der Waals surface area (Å²) in [5.74, 6) is 1.68. The zero-order valence-corrected chi connectivity index (χ0v) is 24.4. The van der Waals surface area contributed by atoms with E-state index in [1.54, 1.807) is 24.4 Å². The Balaban J connectivity index is 1.72. The summed E-state index contributed by atoms with van der Waals surface area (Å²) in [4.78, 5) is 18.2. The van der Waals surface area contributed by atoms with Gasteiger partial charge in [0.15, 0.2) is 11.5 Å². The SMILES string of the molecule is CCOc1cc(C=Nn2c([C@H](C)CC)nc3ccc(Br)cc3c2=O)c(Br)cc1OCc1ccccc1C#N. The van der Waals surface area contributed by atoms with E-state index < -0.39 is 0 Å². The number of aromatic nitrogens is 2. The molecule has 0 aliphatic rings. The van der Waals surface area contributed by atoms with E-state index in [1.165, 1.54) is 4.68 Å². The van der Waals surface area contributed by atoms with Crippen LogP contribution in [0.15, 0.2) is 73.4 Å². The largest absolute Gasteiger partial charge is 0.490 e. The van der Waals surface area contributed by atoms with Gasteiger partial charge in [0, 0.05) is 26.0 Å². The Labute approximate surface area is 238 Å². The van der Waals surface area contributed by atoms with Crippen molar-refractivity contribution in [1.82, 2.24) is 9.66 Å². The molecule has 0 amide bonds. The van der Waals surface area contributed by atoms with Gasteiger partial charge in [-0.2, -0.15) is 15.0 Å². The standard InChI is InChI=1S/C29H26Br2N4O3/c1-4-18(3)28-34-25-11-10-22(30)13-23(25)29(36)35(28)33-16-21-12-26(37-5-2)27(14-24(21)31)38-17-20-9-7-6-8-19(20)15-32/h6-14,16,18H,4-5,17H2,1-3H3/t18-/m1/s1. The minimum atomic E-state index is -0.236. The second kappa shape index (κ2) is 12.4. The lowest BCUT2D eigenvalue weighted by Crippen LogP contribution is -2.23. The predicted octanol–water partition coefficient (Wildman–Crippen LogP) is 7.17. The molecule has 38 heavy (non-hydrogen) atoms. The van der Waals surface area contributed by atoms with Crippen molar-refractivity contribution in [1.29, 1.82) is 5.26 Å². The Morgan fingerprint density at radius 1 is 1.11 bits per heavy atom. The lowest BCUT2D eigenvalue weighted by atomic mass is 10.1. The molecule has 1 atom stereocenters. The van der Waals surface area contributed by atoms with Crippen LogP contribution in [0.4, 0.5) is 0 Å². The van der Waals surface area contributed by atoms with Crippen LogP contribution in [0, 0.1) is 11.3 Å². The first kappa shape index (κ1) is 27.6. The van der Waals surface area contributed by atoms with Crippen LogP contribution in [-0.4, -0.2) is 22.5 Å². The van der Waals surface area contributed by atoms with Crippen LogP contribution < -0.4 is 15.0 Å². The zero-order chi connectivity index (χ0) is 27.2. The summed E-state index contributed by atoms with van der Waals surface area (Å²) in [6.07, 6.45) is 2.42. The molecule has 0 aliphatic carbocycles. The third kappa shape index (κ3) is 5.98. The maximum atomic E-state index is 13.4. The van der Waals surface area contributed by atoms with Crippen molar-refractivity contribution in [3.05, 3.63) is 96.4 Å². The molecule has 4 aromatic rings. The molecule has 3 aromatic carbocycles. The Bertz CT molecular complexity index is 1610. The van der Waals surface area contributed by atoms with Crippen LogP contribution in [0.1, 0.15) is 55.6 Å². The molecule has 0 bridgehead atoms. The number of benzene rings is 3. The van der Waals surface area contributed by atoms with Crippen molar-refractivity contribution in [3.8, 4) is 17.6 Å². The number of hydrogen-bond acceptors (Lipinski definition) is 6. The monoisotopic (exact) mass is 636 g/mol. The molecule has 7 nitrogen and oxygen atoms in total. The van der Waals surface area contributed by atoms with Crippen LogP contribution in [0.3, 0.4) is 0 Å². The summed E-state index contributed by atoms with van der Waals surface area (Å²) < 4.78 is 14.8. The van der Waals surface area contributed by atoms with E-state index in [4.69, 9.17) is 14.5 Å². The van der Waals surface area contributed by atoms with Gasteiger partial charge in [-0.05, 0) is 65.7 Å². The van der Waals surface area contributed by atoms with E-state index in [0.717, 1.165) is 16.5 Å². The fraction of sp³-hybridized carbons (Fsp3) is 0.241. The normalized spacial score (nSPS) is 12.0. The van der Waals surface area contributed by atoms with E-state index in [0.29, 0.717) is 50.4 Å². The number of nitrogens with zero attached hydrogens (tertiary/aromatic N) is 4. The van der Waals surface area contributed by atoms with Gasteiger partial charge < -0.3 is 9.47 Å². The number of fused-ring (bicyclic) bond motifs is 1. The van der Waals surface area contributed by atoms with Gasteiger partial charge in [-0.1, -0.05) is 48.0 Å². The van der Waals surface area contributed by atoms with Gasteiger partial charge in [0.05, 0.1) is 35.4 Å². The van der Waals surface area contributed by atoms with Gasteiger partial charge in [0.1, 0.15) is 12.4 Å². The van der Waals surface area contributed by atoms with Crippen LogP contribution in [0.5, 0.6) is 11.5 Å². The van der Waals surface area contributed by atoms with Crippen molar-refractivity contribution in [2.45, 2.75) is 39.7 Å². The fourth-order valence-electron chi connectivity index (χ4n) is 3.84. The molecule has 0 aliphatic heterocycles. The maximum Gasteiger partial charge on any atom is 0.282 e. The lowest BCUT2D eigenvalue weighted by molar-refractivity contribution is 0.269. The van der Waals surface area contributed by atoms with Gasteiger partial charge in [-0.25, -0.2) is 4.98 Å². The Hall–Kier alpha value is -3.48. The molecule has 0 saturated heterocycles. The highest BCUT2D eigenvalue weighted by molar-refractivity contribution is 9.10. The van der Waals surface area contributed by atoms with Gasteiger partial charge >= 0.3 is 0 Å². The Morgan fingerprint density at radius 2 is 1.87 bits per heavy atom. The molecular weight excluding hydrogens is 612 g/mol. The van der Waals surface area contributed by atoms with Crippen molar-refractivity contribution in [2.24, 2.45) is 5.10 Å². The molecule has 0 saturated carbocycles. The second-order valence-electron chi connectivity index (χ2n) is 8.61.